The molecule has 1 aliphatic rings. The van der Waals surface area contributed by atoms with E-state index in [-0.39, 0.29) is 11.9 Å². The monoisotopic (exact) mass is 208 g/mol. The largest absolute Gasteiger partial charge is 0.348 e. The number of aromatic nitrogens is 2. The van der Waals surface area contributed by atoms with Crippen LogP contribution in [-0.4, -0.2) is 28.0 Å². The summed E-state index contributed by atoms with van der Waals surface area (Å²) < 4.78 is 2.03. The summed E-state index contributed by atoms with van der Waals surface area (Å²) in [5, 5.41) is 6.05. The van der Waals surface area contributed by atoms with Crippen LogP contribution in [0.3, 0.4) is 0 Å². The van der Waals surface area contributed by atoms with Gasteiger partial charge in [-0.1, -0.05) is 0 Å². The lowest BCUT2D eigenvalue weighted by Crippen LogP contribution is -2.30. The Kier molecular flexibility index (Phi) is 2.73. The average molecular weight is 208 g/mol. The molecular formula is C10H16N4O. The fourth-order valence-electron chi connectivity index (χ4n) is 1.63. The number of rotatable bonds is 2. The van der Waals surface area contributed by atoms with E-state index in [4.69, 9.17) is 0 Å². The Labute approximate surface area is 88.9 Å². The molecule has 5 heteroatoms. The zero-order valence-electron chi connectivity index (χ0n) is 9.08. The van der Waals surface area contributed by atoms with Crippen molar-refractivity contribution in [3.05, 3.63) is 17.7 Å². The minimum absolute atomic E-state index is 0.0908. The highest BCUT2D eigenvalue weighted by Crippen LogP contribution is 2.06. The van der Waals surface area contributed by atoms with Crippen LogP contribution in [0.1, 0.15) is 30.2 Å². The predicted octanol–water partition coefficient (Wildman–Crippen LogP) is 0.124. The Hall–Kier alpha value is -1.36. The molecule has 0 aliphatic carbocycles. The molecule has 0 atom stereocenters. The zero-order chi connectivity index (χ0) is 10.8. The predicted molar refractivity (Wildman–Crippen MR) is 56.5 cm³/mol. The van der Waals surface area contributed by atoms with Gasteiger partial charge in [-0.05, 0) is 13.8 Å². The first-order chi connectivity index (χ1) is 7.16. The Morgan fingerprint density at radius 1 is 1.67 bits per heavy atom. The van der Waals surface area contributed by atoms with Gasteiger partial charge in [0.1, 0.15) is 11.5 Å². The minimum atomic E-state index is -0.0908. The fourth-order valence-corrected chi connectivity index (χ4v) is 1.63. The van der Waals surface area contributed by atoms with Crippen molar-refractivity contribution in [2.24, 2.45) is 0 Å². The molecule has 2 N–H and O–H groups in total. The van der Waals surface area contributed by atoms with Gasteiger partial charge >= 0.3 is 0 Å². The van der Waals surface area contributed by atoms with Gasteiger partial charge in [0.05, 0.1) is 6.54 Å². The summed E-state index contributed by atoms with van der Waals surface area (Å²) in [6.45, 7) is 6.45. The summed E-state index contributed by atoms with van der Waals surface area (Å²) in [7, 11) is 0. The third kappa shape index (κ3) is 2.18. The second-order valence-electron chi connectivity index (χ2n) is 4.04. The van der Waals surface area contributed by atoms with Crippen LogP contribution in [0.2, 0.25) is 0 Å². The van der Waals surface area contributed by atoms with Crippen LogP contribution in [0.15, 0.2) is 6.20 Å². The molecule has 0 spiro atoms. The first-order valence-corrected chi connectivity index (χ1v) is 5.24. The maximum absolute atomic E-state index is 11.7. The molecule has 2 heterocycles. The molecule has 5 nitrogen and oxygen atoms in total. The van der Waals surface area contributed by atoms with Gasteiger partial charge in [-0.15, -0.1) is 0 Å². The van der Waals surface area contributed by atoms with Gasteiger partial charge in [-0.3, -0.25) is 4.79 Å². The Morgan fingerprint density at radius 2 is 2.47 bits per heavy atom. The van der Waals surface area contributed by atoms with Crippen molar-refractivity contribution in [2.45, 2.75) is 33.0 Å². The van der Waals surface area contributed by atoms with E-state index in [1.54, 1.807) is 0 Å². The molecule has 0 fully saturated rings. The van der Waals surface area contributed by atoms with E-state index >= 15 is 0 Å². The fraction of sp³-hybridized carbons (Fsp3) is 0.600. The van der Waals surface area contributed by atoms with Gasteiger partial charge < -0.3 is 15.2 Å². The maximum atomic E-state index is 11.7. The summed E-state index contributed by atoms with van der Waals surface area (Å²) in [6.07, 6.45) is 1.83. The number of hydrogen-bond acceptors (Lipinski definition) is 3. The van der Waals surface area contributed by atoms with Crippen molar-refractivity contribution in [2.75, 3.05) is 6.54 Å². The molecule has 0 saturated heterocycles. The topological polar surface area (TPSA) is 59.0 Å². The summed E-state index contributed by atoms with van der Waals surface area (Å²) in [5.74, 6) is 0.849. The summed E-state index contributed by atoms with van der Waals surface area (Å²) >= 11 is 0. The van der Waals surface area contributed by atoms with E-state index in [0.717, 1.165) is 25.5 Å². The van der Waals surface area contributed by atoms with Crippen LogP contribution in [0.5, 0.6) is 0 Å². The highest BCUT2D eigenvalue weighted by Gasteiger charge is 2.16. The molecule has 1 aromatic heterocycles. The van der Waals surface area contributed by atoms with Gasteiger partial charge in [0, 0.05) is 25.3 Å². The van der Waals surface area contributed by atoms with Crippen LogP contribution in [-0.2, 0) is 13.1 Å². The second kappa shape index (κ2) is 4.02. The lowest BCUT2D eigenvalue weighted by atomic mass is 10.3. The molecule has 1 aliphatic heterocycles. The van der Waals surface area contributed by atoms with E-state index in [1.165, 1.54) is 0 Å². The summed E-state index contributed by atoms with van der Waals surface area (Å²) in [5.41, 5.74) is 0.516. The van der Waals surface area contributed by atoms with Crippen molar-refractivity contribution in [1.29, 1.82) is 0 Å². The molecule has 0 bridgehead atoms. The van der Waals surface area contributed by atoms with Crippen molar-refractivity contribution < 1.29 is 4.79 Å². The SMILES string of the molecule is CC(C)NC(=O)c1cn2c(n1)CNCC2. The first kappa shape index (κ1) is 10.2. The van der Waals surface area contributed by atoms with Crippen LogP contribution < -0.4 is 10.6 Å². The van der Waals surface area contributed by atoms with E-state index < -0.39 is 0 Å². The molecule has 0 aromatic carbocycles. The Balaban J connectivity index is 2.15. The molecule has 0 saturated carbocycles. The number of carbonyl (C=O) groups is 1. The van der Waals surface area contributed by atoms with Crippen LogP contribution >= 0.6 is 0 Å². The van der Waals surface area contributed by atoms with Crippen molar-refractivity contribution >= 4 is 5.91 Å². The summed E-state index contributed by atoms with van der Waals surface area (Å²) in [4.78, 5) is 16.0. The van der Waals surface area contributed by atoms with Gasteiger partial charge in [-0.2, -0.15) is 0 Å². The number of fused-ring (bicyclic) bond motifs is 1. The smallest absolute Gasteiger partial charge is 0.271 e. The highest BCUT2D eigenvalue weighted by atomic mass is 16.1. The molecule has 2 rings (SSSR count). The number of hydrogen-bond donors (Lipinski definition) is 2. The zero-order valence-corrected chi connectivity index (χ0v) is 9.08. The number of imidazole rings is 1. The molecule has 0 unspecified atom stereocenters. The van der Waals surface area contributed by atoms with Crippen LogP contribution in [0, 0.1) is 0 Å². The quantitative estimate of drug-likeness (QED) is 0.726. The average Bonchev–Trinajstić information content (AvgIpc) is 2.59. The third-order valence-corrected chi connectivity index (χ3v) is 2.32. The van der Waals surface area contributed by atoms with Crippen molar-refractivity contribution in [3.63, 3.8) is 0 Å². The van der Waals surface area contributed by atoms with E-state index in [9.17, 15) is 4.79 Å². The molecule has 0 radical (unpaired) electrons. The maximum Gasteiger partial charge on any atom is 0.271 e. The molecule has 1 amide bonds. The van der Waals surface area contributed by atoms with Crippen molar-refractivity contribution in [1.82, 2.24) is 20.2 Å². The third-order valence-electron chi connectivity index (χ3n) is 2.32. The number of amides is 1. The van der Waals surface area contributed by atoms with Crippen LogP contribution in [0.4, 0.5) is 0 Å². The van der Waals surface area contributed by atoms with Gasteiger partial charge in [-0.25, -0.2) is 4.98 Å². The normalized spacial score (nSPS) is 15.1. The summed E-state index contributed by atoms with van der Waals surface area (Å²) in [6, 6.07) is 0.148. The van der Waals surface area contributed by atoms with Gasteiger partial charge in [0.15, 0.2) is 0 Å². The van der Waals surface area contributed by atoms with Gasteiger partial charge in [0.25, 0.3) is 5.91 Å². The molecule has 82 valence electrons. The number of nitrogens with one attached hydrogen (secondary N) is 2. The van der Waals surface area contributed by atoms with Crippen molar-refractivity contribution in [3.8, 4) is 0 Å². The first-order valence-electron chi connectivity index (χ1n) is 5.24. The lowest BCUT2D eigenvalue weighted by molar-refractivity contribution is 0.0938. The van der Waals surface area contributed by atoms with Gasteiger partial charge in [0.2, 0.25) is 0 Å². The number of carbonyl (C=O) groups excluding carboxylic acids is 1. The molecule has 15 heavy (non-hydrogen) atoms. The van der Waals surface area contributed by atoms with E-state index in [0.29, 0.717) is 5.69 Å². The number of nitrogens with zero attached hydrogens (tertiary/aromatic N) is 2. The Bertz CT molecular complexity index is 346. The van der Waals surface area contributed by atoms with Crippen LogP contribution in [0.25, 0.3) is 0 Å². The highest BCUT2D eigenvalue weighted by molar-refractivity contribution is 5.92. The minimum Gasteiger partial charge on any atom is -0.348 e. The molecular weight excluding hydrogens is 192 g/mol. The lowest BCUT2D eigenvalue weighted by Gasteiger charge is -2.13. The molecule has 1 aromatic rings. The standard InChI is InChI=1S/C10H16N4O/c1-7(2)12-10(15)8-6-14-4-3-11-5-9(14)13-8/h6-7,11H,3-5H2,1-2H3,(H,12,15). The Morgan fingerprint density at radius 3 is 3.13 bits per heavy atom. The van der Waals surface area contributed by atoms with E-state index in [1.807, 2.05) is 24.6 Å². The second-order valence-corrected chi connectivity index (χ2v) is 4.04. The van der Waals surface area contributed by atoms with E-state index in [2.05, 4.69) is 15.6 Å².